The van der Waals surface area contributed by atoms with Crippen LogP contribution in [0, 0.1) is 10.1 Å². The summed E-state index contributed by atoms with van der Waals surface area (Å²) in [6.45, 7) is -0.272. The van der Waals surface area contributed by atoms with Gasteiger partial charge in [-0.25, -0.2) is 4.98 Å². The monoisotopic (exact) mass is 267 g/mol. The molecule has 0 amide bonds. The van der Waals surface area contributed by atoms with Gasteiger partial charge in [0.2, 0.25) is 0 Å². The molecular formula is C8H8F3N3O4. The predicted molar refractivity (Wildman–Crippen MR) is 52.0 cm³/mol. The van der Waals surface area contributed by atoms with Gasteiger partial charge < -0.3 is 15.2 Å². The summed E-state index contributed by atoms with van der Waals surface area (Å²) in [7, 11) is 0.966. The number of rotatable bonds is 4. The lowest BCUT2D eigenvalue weighted by Gasteiger charge is -2.12. The third-order valence-corrected chi connectivity index (χ3v) is 1.87. The minimum absolute atomic E-state index is 0.0635. The second-order valence-corrected chi connectivity index (χ2v) is 2.98. The predicted octanol–water partition coefficient (Wildman–Crippen LogP) is 1.36. The number of halogens is 3. The number of nitrogens with two attached hydrogens (primary N) is 1. The van der Waals surface area contributed by atoms with Crippen LogP contribution in [0.3, 0.4) is 0 Å². The van der Waals surface area contributed by atoms with Crippen molar-refractivity contribution in [2.45, 2.75) is 12.9 Å². The number of ether oxygens (including phenoxy) is 2. The van der Waals surface area contributed by atoms with Crippen molar-refractivity contribution in [1.82, 2.24) is 4.98 Å². The Kier molecular flexibility index (Phi) is 3.91. The second kappa shape index (κ2) is 5.04. The smallest absolute Gasteiger partial charge is 0.486 e. The van der Waals surface area contributed by atoms with Gasteiger partial charge in [-0.1, -0.05) is 0 Å². The number of methoxy groups -OCH3 is 1. The molecule has 0 saturated heterocycles. The molecule has 0 radical (unpaired) electrons. The molecule has 1 heterocycles. The third kappa shape index (κ3) is 2.97. The Hall–Kier alpha value is -2.10. The molecule has 18 heavy (non-hydrogen) atoms. The summed E-state index contributed by atoms with van der Waals surface area (Å²) < 4.78 is 44.3. The van der Waals surface area contributed by atoms with Crippen molar-refractivity contribution in [3.05, 3.63) is 21.9 Å². The van der Waals surface area contributed by atoms with Crippen LogP contribution in [0.4, 0.5) is 18.9 Å². The molecule has 0 bridgehead atoms. The van der Waals surface area contributed by atoms with Crippen LogP contribution in [0.15, 0.2) is 6.20 Å². The van der Waals surface area contributed by atoms with Gasteiger partial charge in [0.05, 0.1) is 17.6 Å². The summed E-state index contributed by atoms with van der Waals surface area (Å²) in [6, 6.07) is 0. The molecular weight excluding hydrogens is 259 g/mol. The van der Waals surface area contributed by atoms with E-state index in [4.69, 9.17) is 5.73 Å². The molecule has 0 aliphatic rings. The third-order valence-electron chi connectivity index (χ3n) is 1.87. The Balaban J connectivity index is 3.38. The molecule has 2 N–H and O–H groups in total. The Labute approximate surface area is 98.5 Å². The first kappa shape index (κ1) is 14.0. The van der Waals surface area contributed by atoms with Crippen LogP contribution in [-0.4, -0.2) is 23.4 Å². The second-order valence-electron chi connectivity index (χ2n) is 2.98. The molecule has 0 spiro atoms. The summed E-state index contributed by atoms with van der Waals surface area (Å²) >= 11 is 0. The highest BCUT2D eigenvalue weighted by atomic mass is 19.4. The topological polar surface area (TPSA) is 101 Å². The minimum Gasteiger partial charge on any atom is -0.486 e. The Bertz CT molecular complexity index is 464. The van der Waals surface area contributed by atoms with Gasteiger partial charge in [-0.3, -0.25) is 10.1 Å². The average molecular weight is 267 g/mol. The molecule has 100 valence electrons. The summed E-state index contributed by atoms with van der Waals surface area (Å²) in [4.78, 5) is 13.2. The quantitative estimate of drug-likeness (QED) is 0.652. The first-order chi connectivity index (χ1) is 8.30. The summed E-state index contributed by atoms with van der Waals surface area (Å²) in [5, 5.41) is 10.8. The Morgan fingerprint density at radius 1 is 1.56 bits per heavy atom. The maximum atomic E-state index is 12.1. The molecule has 10 heteroatoms. The van der Waals surface area contributed by atoms with Crippen LogP contribution in [0.5, 0.6) is 11.6 Å². The number of pyridine rings is 1. The maximum absolute atomic E-state index is 12.1. The van der Waals surface area contributed by atoms with E-state index in [9.17, 15) is 23.3 Å². The van der Waals surface area contributed by atoms with Crippen molar-refractivity contribution >= 4 is 5.69 Å². The van der Waals surface area contributed by atoms with Crippen LogP contribution in [-0.2, 0) is 6.54 Å². The van der Waals surface area contributed by atoms with Gasteiger partial charge in [0.1, 0.15) is 0 Å². The van der Waals surface area contributed by atoms with Gasteiger partial charge in [-0.15, -0.1) is 13.2 Å². The fourth-order valence-corrected chi connectivity index (χ4v) is 1.22. The normalized spacial score (nSPS) is 11.2. The van der Waals surface area contributed by atoms with E-state index in [0.29, 0.717) is 0 Å². The van der Waals surface area contributed by atoms with Gasteiger partial charge in [0, 0.05) is 12.7 Å². The van der Waals surface area contributed by atoms with Gasteiger partial charge >= 0.3 is 12.0 Å². The van der Waals surface area contributed by atoms with Gasteiger partial charge in [0.25, 0.3) is 11.6 Å². The van der Waals surface area contributed by atoms with Crippen molar-refractivity contribution in [3.8, 4) is 11.6 Å². The lowest BCUT2D eigenvalue weighted by atomic mass is 10.2. The number of hydrogen-bond acceptors (Lipinski definition) is 6. The van der Waals surface area contributed by atoms with Crippen LogP contribution < -0.4 is 15.2 Å². The molecule has 1 aromatic rings. The standard InChI is InChI=1S/C8H8F3N3O4/c1-17-6-5(14(15)16)4(2-12)3-13-7(6)18-8(9,10)11/h3H,2,12H2,1H3. The first-order valence-corrected chi connectivity index (χ1v) is 4.46. The number of aromatic nitrogens is 1. The number of alkyl halides is 3. The van der Waals surface area contributed by atoms with E-state index < -0.39 is 28.6 Å². The zero-order valence-corrected chi connectivity index (χ0v) is 9.02. The van der Waals surface area contributed by atoms with Crippen molar-refractivity contribution in [2.75, 3.05) is 7.11 Å². The molecule has 0 saturated carbocycles. The Morgan fingerprint density at radius 3 is 2.56 bits per heavy atom. The van der Waals surface area contributed by atoms with Gasteiger partial charge in [-0.2, -0.15) is 0 Å². The van der Waals surface area contributed by atoms with Crippen LogP contribution in [0.25, 0.3) is 0 Å². The van der Waals surface area contributed by atoms with E-state index in [-0.39, 0.29) is 12.1 Å². The highest BCUT2D eigenvalue weighted by Crippen LogP contribution is 2.39. The van der Waals surface area contributed by atoms with Crippen molar-refractivity contribution in [2.24, 2.45) is 5.73 Å². The summed E-state index contributed by atoms with van der Waals surface area (Å²) in [5.41, 5.74) is 4.46. The number of nitro groups is 1. The Morgan fingerprint density at radius 2 is 2.17 bits per heavy atom. The van der Waals surface area contributed by atoms with Crippen molar-refractivity contribution < 1.29 is 27.6 Å². The lowest BCUT2D eigenvalue weighted by Crippen LogP contribution is -2.19. The molecule has 0 aliphatic heterocycles. The van der Waals surface area contributed by atoms with Gasteiger partial charge in [0.15, 0.2) is 0 Å². The fourth-order valence-electron chi connectivity index (χ4n) is 1.22. The summed E-state index contributed by atoms with van der Waals surface area (Å²) in [6.07, 6.45) is -4.19. The molecule has 0 fully saturated rings. The first-order valence-electron chi connectivity index (χ1n) is 4.46. The van der Waals surface area contributed by atoms with E-state index in [1.165, 1.54) is 0 Å². The summed E-state index contributed by atoms with van der Waals surface area (Å²) in [5.74, 6) is -1.76. The molecule has 7 nitrogen and oxygen atoms in total. The molecule has 0 aliphatic carbocycles. The molecule has 0 unspecified atom stereocenters. The molecule has 1 aromatic heterocycles. The SMILES string of the molecule is COc1c(OC(F)(F)F)ncc(CN)c1[N+](=O)[O-]. The van der Waals surface area contributed by atoms with Crippen LogP contribution >= 0.6 is 0 Å². The van der Waals surface area contributed by atoms with E-state index in [1.807, 2.05) is 0 Å². The van der Waals surface area contributed by atoms with Crippen molar-refractivity contribution in [1.29, 1.82) is 0 Å². The van der Waals surface area contributed by atoms with Gasteiger partial charge in [-0.05, 0) is 0 Å². The molecule has 0 aromatic carbocycles. The highest BCUT2D eigenvalue weighted by Gasteiger charge is 2.36. The minimum atomic E-state index is -5.03. The fraction of sp³-hybridized carbons (Fsp3) is 0.375. The maximum Gasteiger partial charge on any atom is 0.574 e. The van der Waals surface area contributed by atoms with Crippen LogP contribution in [0.2, 0.25) is 0 Å². The van der Waals surface area contributed by atoms with E-state index in [0.717, 1.165) is 13.3 Å². The lowest BCUT2D eigenvalue weighted by molar-refractivity contribution is -0.386. The number of nitrogens with zero attached hydrogens (tertiary/aromatic N) is 2. The number of hydrogen-bond donors (Lipinski definition) is 1. The van der Waals surface area contributed by atoms with Crippen molar-refractivity contribution in [3.63, 3.8) is 0 Å². The zero-order chi connectivity index (χ0) is 13.9. The average Bonchev–Trinajstić information content (AvgIpc) is 2.26. The van der Waals surface area contributed by atoms with E-state index in [2.05, 4.69) is 14.5 Å². The highest BCUT2D eigenvalue weighted by molar-refractivity contribution is 5.57. The van der Waals surface area contributed by atoms with E-state index >= 15 is 0 Å². The largest absolute Gasteiger partial charge is 0.574 e. The molecule has 1 rings (SSSR count). The molecule has 0 atom stereocenters. The van der Waals surface area contributed by atoms with Crippen LogP contribution in [0.1, 0.15) is 5.56 Å². The van der Waals surface area contributed by atoms with E-state index in [1.54, 1.807) is 0 Å². The zero-order valence-electron chi connectivity index (χ0n) is 9.02.